The first-order chi connectivity index (χ1) is 5.36. The number of anilines is 1. The molecule has 4 heteroatoms. The van der Waals surface area contributed by atoms with E-state index < -0.39 is 6.23 Å². The highest BCUT2D eigenvalue weighted by Crippen LogP contribution is 2.23. The predicted octanol–water partition coefficient (Wildman–Crippen LogP) is 0.528. The summed E-state index contributed by atoms with van der Waals surface area (Å²) >= 11 is 0. The summed E-state index contributed by atoms with van der Waals surface area (Å²) in [4.78, 5) is 7.96. The normalized spacial score (nSPS) is 20.6. The molecule has 0 radical (unpaired) electrons. The van der Waals surface area contributed by atoms with Crippen LogP contribution in [0.15, 0.2) is 23.3 Å². The lowest BCUT2D eigenvalue weighted by Gasteiger charge is -2.14. The SMILES string of the molecule is OC1C=Nc2cccnc2N1. The monoisotopic (exact) mass is 149 g/mol. The van der Waals surface area contributed by atoms with E-state index in [2.05, 4.69) is 15.3 Å². The minimum Gasteiger partial charge on any atom is -0.369 e. The highest BCUT2D eigenvalue weighted by Gasteiger charge is 2.09. The second-order valence-corrected chi connectivity index (χ2v) is 2.24. The van der Waals surface area contributed by atoms with Gasteiger partial charge in [-0.1, -0.05) is 0 Å². The van der Waals surface area contributed by atoms with Gasteiger partial charge in [0, 0.05) is 6.20 Å². The van der Waals surface area contributed by atoms with Crippen LogP contribution in [0.25, 0.3) is 0 Å². The van der Waals surface area contributed by atoms with E-state index in [0.29, 0.717) is 5.82 Å². The minimum absolute atomic E-state index is 0.627. The number of aliphatic imine (C=N–C) groups is 1. The van der Waals surface area contributed by atoms with Crippen molar-refractivity contribution < 1.29 is 5.11 Å². The van der Waals surface area contributed by atoms with Crippen molar-refractivity contribution in [2.75, 3.05) is 5.32 Å². The summed E-state index contributed by atoms with van der Waals surface area (Å²) in [5, 5.41) is 11.8. The molecule has 0 bridgehead atoms. The Balaban J connectivity index is 2.46. The van der Waals surface area contributed by atoms with Gasteiger partial charge in [0.1, 0.15) is 5.69 Å². The molecule has 0 amide bonds. The number of nitrogens with one attached hydrogen (secondary N) is 1. The zero-order chi connectivity index (χ0) is 7.68. The number of rotatable bonds is 0. The molecule has 1 aromatic heterocycles. The van der Waals surface area contributed by atoms with Crippen LogP contribution in [0, 0.1) is 0 Å². The number of aromatic nitrogens is 1. The fourth-order valence-corrected chi connectivity index (χ4v) is 0.940. The van der Waals surface area contributed by atoms with Crippen LogP contribution in [0.3, 0.4) is 0 Å². The van der Waals surface area contributed by atoms with Gasteiger partial charge in [0.25, 0.3) is 0 Å². The summed E-state index contributed by atoms with van der Waals surface area (Å²) in [5.74, 6) is 0.627. The smallest absolute Gasteiger partial charge is 0.162 e. The van der Waals surface area contributed by atoms with Gasteiger partial charge < -0.3 is 10.4 Å². The Morgan fingerprint density at radius 1 is 1.55 bits per heavy atom. The average molecular weight is 149 g/mol. The summed E-state index contributed by atoms with van der Waals surface area (Å²) in [6.45, 7) is 0. The maximum absolute atomic E-state index is 9.06. The summed E-state index contributed by atoms with van der Waals surface area (Å²) in [6.07, 6.45) is 2.38. The van der Waals surface area contributed by atoms with Crippen molar-refractivity contribution in [1.29, 1.82) is 0 Å². The van der Waals surface area contributed by atoms with E-state index in [1.165, 1.54) is 6.21 Å². The van der Waals surface area contributed by atoms with E-state index in [-0.39, 0.29) is 0 Å². The highest BCUT2D eigenvalue weighted by molar-refractivity contribution is 5.79. The molecule has 0 saturated carbocycles. The standard InChI is InChI=1S/C7H7N3O/c11-6-4-9-5-2-1-3-8-7(5)10-6/h1-4,6,11H,(H,8,10). The molecule has 1 atom stereocenters. The molecule has 2 N–H and O–H groups in total. The van der Waals surface area contributed by atoms with Crippen molar-refractivity contribution in [2.45, 2.75) is 6.23 Å². The van der Waals surface area contributed by atoms with Crippen LogP contribution in [0.1, 0.15) is 0 Å². The molecular formula is C7H7N3O. The molecule has 0 aliphatic carbocycles. The topological polar surface area (TPSA) is 57.5 Å². The zero-order valence-corrected chi connectivity index (χ0v) is 5.73. The van der Waals surface area contributed by atoms with E-state index in [4.69, 9.17) is 5.11 Å². The Hall–Kier alpha value is -1.42. The van der Waals surface area contributed by atoms with Gasteiger partial charge in [0.2, 0.25) is 0 Å². The Morgan fingerprint density at radius 3 is 3.36 bits per heavy atom. The van der Waals surface area contributed by atoms with Gasteiger partial charge in [-0.2, -0.15) is 0 Å². The Labute approximate surface area is 63.6 Å². The van der Waals surface area contributed by atoms with Crippen LogP contribution in [0.5, 0.6) is 0 Å². The Bertz CT molecular complexity index is 297. The van der Waals surface area contributed by atoms with E-state index in [1.54, 1.807) is 12.3 Å². The van der Waals surface area contributed by atoms with Crippen LogP contribution >= 0.6 is 0 Å². The summed E-state index contributed by atoms with van der Waals surface area (Å²) < 4.78 is 0. The van der Waals surface area contributed by atoms with Gasteiger partial charge in [-0.05, 0) is 12.1 Å². The van der Waals surface area contributed by atoms with Gasteiger partial charge in [-0.15, -0.1) is 0 Å². The summed E-state index contributed by atoms with van der Waals surface area (Å²) in [5.41, 5.74) is 0.762. The van der Waals surface area contributed by atoms with E-state index in [0.717, 1.165) is 5.69 Å². The molecule has 2 heterocycles. The number of fused-ring (bicyclic) bond motifs is 1. The third-order valence-corrected chi connectivity index (χ3v) is 1.43. The highest BCUT2D eigenvalue weighted by atomic mass is 16.3. The van der Waals surface area contributed by atoms with E-state index >= 15 is 0 Å². The van der Waals surface area contributed by atoms with Gasteiger partial charge in [-0.25, -0.2) is 4.98 Å². The van der Waals surface area contributed by atoms with Crippen molar-refractivity contribution in [3.05, 3.63) is 18.3 Å². The molecule has 1 unspecified atom stereocenters. The Kier molecular flexibility index (Phi) is 1.33. The molecular weight excluding hydrogens is 142 g/mol. The lowest BCUT2D eigenvalue weighted by atomic mass is 10.3. The number of aliphatic hydroxyl groups is 1. The molecule has 1 aliphatic rings. The fourth-order valence-electron chi connectivity index (χ4n) is 0.940. The van der Waals surface area contributed by atoms with Crippen LogP contribution < -0.4 is 5.32 Å². The number of hydrogen-bond acceptors (Lipinski definition) is 4. The van der Waals surface area contributed by atoms with Crippen molar-refractivity contribution in [2.24, 2.45) is 4.99 Å². The number of aliphatic hydroxyl groups excluding tert-OH is 1. The maximum Gasteiger partial charge on any atom is 0.162 e. The molecule has 1 aliphatic heterocycles. The molecule has 0 spiro atoms. The van der Waals surface area contributed by atoms with Gasteiger partial charge in [-0.3, -0.25) is 4.99 Å². The molecule has 11 heavy (non-hydrogen) atoms. The quantitative estimate of drug-likeness (QED) is 0.565. The zero-order valence-electron chi connectivity index (χ0n) is 5.73. The number of nitrogens with zero attached hydrogens (tertiary/aromatic N) is 2. The molecule has 0 fully saturated rings. The average Bonchev–Trinajstić information content (AvgIpc) is 2.04. The van der Waals surface area contributed by atoms with Crippen LogP contribution in [0.2, 0.25) is 0 Å². The second kappa shape index (κ2) is 2.32. The van der Waals surface area contributed by atoms with Crippen LogP contribution in [-0.2, 0) is 0 Å². The van der Waals surface area contributed by atoms with Gasteiger partial charge in [0.05, 0.1) is 6.21 Å². The first-order valence-corrected chi connectivity index (χ1v) is 3.30. The van der Waals surface area contributed by atoms with Crippen molar-refractivity contribution in [3.8, 4) is 0 Å². The summed E-state index contributed by atoms with van der Waals surface area (Å²) in [6, 6.07) is 3.63. The first kappa shape index (κ1) is 6.30. The van der Waals surface area contributed by atoms with E-state index in [1.807, 2.05) is 6.07 Å². The van der Waals surface area contributed by atoms with Crippen molar-refractivity contribution in [1.82, 2.24) is 4.98 Å². The lowest BCUT2D eigenvalue weighted by Crippen LogP contribution is -2.23. The number of hydrogen-bond donors (Lipinski definition) is 2. The third-order valence-electron chi connectivity index (χ3n) is 1.43. The molecule has 56 valence electrons. The van der Waals surface area contributed by atoms with Crippen LogP contribution in [-0.4, -0.2) is 22.5 Å². The second-order valence-electron chi connectivity index (χ2n) is 2.24. The maximum atomic E-state index is 9.06. The molecule has 4 nitrogen and oxygen atoms in total. The van der Waals surface area contributed by atoms with Crippen molar-refractivity contribution >= 4 is 17.7 Å². The third kappa shape index (κ3) is 1.08. The lowest BCUT2D eigenvalue weighted by molar-refractivity contribution is 0.273. The Morgan fingerprint density at radius 2 is 2.45 bits per heavy atom. The molecule has 2 rings (SSSR count). The largest absolute Gasteiger partial charge is 0.369 e. The molecule has 0 saturated heterocycles. The summed E-state index contributed by atoms with van der Waals surface area (Å²) in [7, 11) is 0. The molecule has 1 aromatic rings. The minimum atomic E-state index is -0.711. The van der Waals surface area contributed by atoms with Crippen molar-refractivity contribution in [3.63, 3.8) is 0 Å². The molecule has 0 aromatic carbocycles. The van der Waals surface area contributed by atoms with Gasteiger partial charge >= 0.3 is 0 Å². The van der Waals surface area contributed by atoms with Crippen LogP contribution in [0.4, 0.5) is 11.5 Å². The van der Waals surface area contributed by atoms with Gasteiger partial charge in [0.15, 0.2) is 12.0 Å². The number of pyridine rings is 1. The van der Waals surface area contributed by atoms with E-state index in [9.17, 15) is 0 Å². The fraction of sp³-hybridized carbons (Fsp3) is 0.143. The predicted molar refractivity (Wildman–Crippen MR) is 42.0 cm³/mol. The first-order valence-electron chi connectivity index (χ1n) is 3.30.